The minimum atomic E-state index is -0.788. The van der Waals surface area contributed by atoms with Gasteiger partial charge in [-0.05, 0) is 43.1 Å². The van der Waals surface area contributed by atoms with Crippen molar-refractivity contribution in [3.63, 3.8) is 0 Å². The van der Waals surface area contributed by atoms with E-state index in [2.05, 4.69) is 10.4 Å². The van der Waals surface area contributed by atoms with Gasteiger partial charge in [0.25, 0.3) is 5.91 Å². The van der Waals surface area contributed by atoms with Crippen molar-refractivity contribution >= 4 is 22.7 Å². The van der Waals surface area contributed by atoms with Gasteiger partial charge in [0.15, 0.2) is 5.69 Å². The summed E-state index contributed by atoms with van der Waals surface area (Å²) in [7, 11) is 0. The van der Waals surface area contributed by atoms with Gasteiger partial charge in [0, 0.05) is 11.9 Å². The van der Waals surface area contributed by atoms with E-state index in [1.807, 2.05) is 49.7 Å². The van der Waals surface area contributed by atoms with Gasteiger partial charge in [-0.15, -0.1) is 0 Å². The molecule has 1 aliphatic carbocycles. The molecule has 28 heavy (non-hydrogen) atoms. The molecular formula is C21H30N4O3. The first kappa shape index (κ1) is 20.3. The van der Waals surface area contributed by atoms with Crippen molar-refractivity contribution in [1.82, 2.24) is 15.1 Å². The number of carbonyl (C=O) groups is 2. The number of rotatable bonds is 5. The molecule has 1 atom stereocenters. The zero-order valence-electron chi connectivity index (χ0n) is 16.8. The van der Waals surface area contributed by atoms with Crippen LogP contribution >= 0.6 is 0 Å². The van der Waals surface area contributed by atoms with E-state index in [0.29, 0.717) is 18.2 Å². The summed E-state index contributed by atoms with van der Waals surface area (Å²) in [4.78, 5) is 24.8. The number of hydrogen-bond acceptors (Lipinski definition) is 4. The third-order valence-electron chi connectivity index (χ3n) is 5.55. The maximum atomic E-state index is 12.9. The summed E-state index contributed by atoms with van der Waals surface area (Å²) < 4.78 is 1.88. The minimum absolute atomic E-state index is 0.199. The summed E-state index contributed by atoms with van der Waals surface area (Å²) >= 11 is 0. The van der Waals surface area contributed by atoms with Crippen molar-refractivity contribution in [2.75, 3.05) is 0 Å². The summed E-state index contributed by atoms with van der Waals surface area (Å²) in [6.07, 6.45) is 3.32. The highest BCUT2D eigenvalue weighted by Crippen LogP contribution is 2.28. The molecule has 7 heteroatoms. The molecule has 1 unspecified atom stereocenters. The van der Waals surface area contributed by atoms with Crippen LogP contribution in [-0.4, -0.2) is 38.8 Å². The first-order chi connectivity index (χ1) is 13.2. The number of carbonyl (C=O) groups excluding carboxylic acids is 2. The largest absolute Gasteiger partial charge is 0.393 e. The molecule has 1 fully saturated rings. The average molecular weight is 386 g/mol. The molecule has 4 N–H and O–H groups in total. The average Bonchev–Trinajstić information content (AvgIpc) is 2.99. The lowest BCUT2D eigenvalue weighted by Gasteiger charge is -2.28. The Hall–Kier alpha value is -2.41. The number of aliphatic hydroxyl groups excluding tert-OH is 1. The molecule has 1 aliphatic rings. The van der Waals surface area contributed by atoms with Crippen LogP contribution in [0.4, 0.5) is 0 Å². The first-order valence-corrected chi connectivity index (χ1v) is 9.90. The van der Waals surface area contributed by atoms with E-state index in [-0.39, 0.29) is 6.10 Å². The fourth-order valence-electron chi connectivity index (χ4n) is 3.92. The predicted octanol–water partition coefficient (Wildman–Crippen LogP) is 2.22. The molecule has 0 bridgehead atoms. The molecule has 1 aromatic heterocycles. The fraction of sp³-hybridized carbons (Fsp3) is 0.571. The van der Waals surface area contributed by atoms with Crippen LogP contribution < -0.4 is 11.1 Å². The van der Waals surface area contributed by atoms with Gasteiger partial charge in [0.05, 0.1) is 11.6 Å². The zero-order chi connectivity index (χ0) is 20.5. The number of benzene rings is 1. The van der Waals surface area contributed by atoms with Crippen molar-refractivity contribution in [2.24, 2.45) is 17.1 Å². The zero-order valence-corrected chi connectivity index (χ0v) is 16.8. The smallest absolute Gasteiger partial charge is 0.273 e. The number of primary amides is 1. The Balaban J connectivity index is 1.87. The van der Waals surface area contributed by atoms with Crippen LogP contribution in [0.15, 0.2) is 24.3 Å². The van der Waals surface area contributed by atoms with Crippen molar-refractivity contribution in [2.45, 2.75) is 65.1 Å². The third-order valence-corrected chi connectivity index (χ3v) is 5.55. The fourth-order valence-corrected chi connectivity index (χ4v) is 3.92. The van der Waals surface area contributed by atoms with Crippen molar-refractivity contribution in [1.29, 1.82) is 0 Å². The molecule has 0 saturated heterocycles. The maximum Gasteiger partial charge on any atom is 0.273 e. The van der Waals surface area contributed by atoms with E-state index in [0.717, 1.165) is 36.6 Å². The Morgan fingerprint density at radius 1 is 1.25 bits per heavy atom. The molecule has 152 valence electrons. The number of para-hydroxylation sites is 1. The van der Waals surface area contributed by atoms with Gasteiger partial charge in [-0.25, -0.2) is 0 Å². The Kier molecular flexibility index (Phi) is 5.74. The van der Waals surface area contributed by atoms with Gasteiger partial charge < -0.3 is 16.2 Å². The topological polar surface area (TPSA) is 110 Å². The normalized spacial score (nSPS) is 21.4. The molecule has 1 aromatic carbocycles. The number of nitrogens with two attached hydrogens (primary N) is 1. The molecule has 1 heterocycles. The quantitative estimate of drug-likeness (QED) is 0.732. The van der Waals surface area contributed by atoms with Crippen LogP contribution in [0.25, 0.3) is 10.9 Å². The SMILES string of the molecule is CC(C)(C)C(NC(=O)c1nn(CC2CCC(O)CC2)c2ccccc12)C(N)=O. The van der Waals surface area contributed by atoms with E-state index in [4.69, 9.17) is 5.73 Å². The lowest BCUT2D eigenvalue weighted by Crippen LogP contribution is -2.52. The van der Waals surface area contributed by atoms with Crippen LogP contribution in [0.1, 0.15) is 56.9 Å². The van der Waals surface area contributed by atoms with E-state index in [1.54, 1.807) is 0 Å². The van der Waals surface area contributed by atoms with Crippen molar-refractivity contribution < 1.29 is 14.7 Å². The molecule has 0 spiro atoms. The van der Waals surface area contributed by atoms with Crippen LogP contribution in [0, 0.1) is 11.3 Å². The molecule has 0 aliphatic heterocycles. The number of fused-ring (bicyclic) bond motifs is 1. The number of aromatic nitrogens is 2. The minimum Gasteiger partial charge on any atom is -0.393 e. The number of nitrogens with zero attached hydrogens (tertiary/aromatic N) is 2. The lowest BCUT2D eigenvalue weighted by atomic mass is 9.86. The maximum absolute atomic E-state index is 12.9. The van der Waals surface area contributed by atoms with Gasteiger partial charge in [-0.2, -0.15) is 5.10 Å². The van der Waals surface area contributed by atoms with Gasteiger partial charge in [-0.3, -0.25) is 14.3 Å². The van der Waals surface area contributed by atoms with Crippen LogP contribution in [0.5, 0.6) is 0 Å². The van der Waals surface area contributed by atoms with Crippen LogP contribution in [-0.2, 0) is 11.3 Å². The molecule has 0 radical (unpaired) electrons. The van der Waals surface area contributed by atoms with E-state index >= 15 is 0 Å². The van der Waals surface area contributed by atoms with Crippen molar-refractivity contribution in [3.8, 4) is 0 Å². The molecule has 2 amide bonds. The Morgan fingerprint density at radius 2 is 1.89 bits per heavy atom. The van der Waals surface area contributed by atoms with Gasteiger partial charge in [0.2, 0.25) is 5.91 Å². The summed E-state index contributed by atoms with van der Waals surface area (Å²) in [5.74, 6) is -0.534. The number of hydrogen-bond donors (Lipinski definition) is 3. The lowest BCUT2D eigenvalue weighted by molar-refractivity contribution is -0.122. The van der Waals surface area contributed by atoms with Crippen molar-refractivity contribution in [3.05, 3.63) is 30.0 Å². The van der Waals surface area contributed by atoms with Gasteiger partial charge in [-0.1, -0.05) is 39.0 Å². The molecule has 7 nitrogen and oxygen atoms in total. The first-order valence-electron chi connectivity index (χ1n) is 9.90. The molecule has 3 rings (SSSR count). The van der Waals surface area contributed by atoms with E-state index in [1.165, 1.54) is 0 Å². The summed E-state index contributed by atoms with van der Waals surface area (Å²) in [6, 6.07) is 6.83. The Labute approximate surface area is 165 Å². The highest BCUT2D eigenvalue weighted by Gasteiger charge is 2.32. The summed E-state index contributed by atoms with van der Waals surface area (Å²) in [6.45, 7) is 6.28. The second-order valence-electron chi connectivity index (χ2n) is 8.90. The second kappa shape index (κ2) is 7.91. The Morgan fingerprint density at radius 3 is 2.50 bits per heavy atom. The molecule has 1 saturated carbocycles. The number of aliphatic hydroxyl groups is 1. The number of amides is 2. The highest BCUT2D eigenvalue weighted by atomic mass is 16.3. The van der Waals surface area contributed by atoms with E-state index < -0.39 is 23.3 Å². The second-order valence-corrected chi connectivity index (χ2v) is 8.90. The van der Waals surface area contributed by atoms with Crippen LogP contribution in [0.2, 0.25) is 0 Å². The van der Waals surface area contributed by atoms with Gasteiger partial charge >= 0.3 is 0 Å². The predicted molar refractivity (Wildman–Crippen MR) is 108 cm³/mol. The molecule has 2 aromatic rings. The highest BCUT2D eigenvalue weighted by molar-refractivity contribution is 6.06. The van der Waals surface area contributed by atoms with E-state index in [9.17, 15) is 14.7 Å². The molecular weight excluding hydrogens is 356 g/mol. The Bertz CT molecular complexity index is 860. The monoisotopic (exact) mass is 386 g/mol. The van der Waals surface area contributed by atoms with Gasteiger partial charge in [0.1, 0.15) is 6.04 Å². The third kappa shape index (κ3) is 4.35. The van der Waals surface area contributed by atoms with Crippen LogP contribution in [0.3, 0.4) is 0 Å². The standard InChI is InChI=1S/C21H30N4O3/c1-21(2,3)18(19(22)27)23-20(28)17-15-6-4-5-7-16(15)25(24-17)12-13-8-10-14(26)11-9-13/h4-7,13-14,18,26H,8-12H2,1-3H3,(H2,22,27)(H,23,28). The summed E-state index contributed by atoms with van der Waals surface area (Å²) in [5, 5.41) is 17.8. The summed E-state index contributed by atoms with van der Waals surface area (Å²) in [5.41, 5.74) is 6.21. The number of nitrogens with one attached hydrogen (secondary N) is 1.